The van der Waals surface area contributed by atoms with Crippen molar-refractivity contribution in [2.45, 2.75) is 57.1 Å². The number of fused-ring (bicyclic) bond motifs is 1. The summed E-state index contributed by atoms with van der Waals surface area (Å²) < 4.78 is 0.607. The number of primary amides is 1. The first kappa shape index (κ1) is 23.8. The van der Waals surface area contributed by atoms with Gasteiger partial charge in [0.15, 0.2) is 5.69 Å². The Balaban J connectivity index is 1.52. The minimum Gasteiger partial charge on any atom is -0.364 e. The fourth-order valence-corrected chi connectivity index (χ4v) is 5.81. The van der Waals surface area contributed by atoms with Crippen molar-refractivity contribution < 1.29 is 14.4 Å². The van der Waals surface area contributed by atoms with Gasteiger partial charge in [0.1, 0.15) is 16.9 Å². The molecule has 0 bridgehead atoms. The normalized spacial score (nSPS) is 27.5. The van der Waals surface area contributed by atoms with Gasteiger partial charge in [0.25, 0.3) is 5.91 Å². The van der Waals surface area contributed by atoms with Crippen LogP contribution >= 0.6 is 23.2 Å². The molecule has 2 aliphatic rings. The Morgan fingerprint density at radius 2 is 1.85 bits per heavy atom. The molecule has 1 aliphatic heterocycles. The summed E-state index contributed by atoms with van der Waals surface area (Å²) in [6.45, 7) is 8.16. The highest BCUT2D eigenvalue weighted by Gasteiger charge is 2.69. The fourth-order valence-electron chi connectivity index (χ4n) is 4.96. The van der Waals surface area contributed by atoms with Gasteiger partial charge in [-0.1, -0.05) is 39.0 Å². The number of nitrogens with two attached hydrogens (primary N) is 1. The molecule has 1 aromatic carbocycles. The lowest BCUT2D eigenvalue weighted by Crippen LogP contribution is -2.50. The molecule has 3 N–H and O–H groups in total. The Labute approximate surface area is 202 Å². The number of hydrogen-bond acceptors (Lipinski definition) is 4. The molecule has 0 unspecified atom stereocenters. The summed E-state index contributed by atoms with van der Waals surface area (Å²) in [4.78, 5) is 39.9. The maximum atomic E-state index is 13.4. The van der Waals surface area contributed by atoms with Crippen molar-refractivity contribution in [3.8, 4) is 0 Å². The molecule has 0 spiro atoms. The number of halogens is 2. The quantitative estimate of drug-likeness (QED) is 0.602. The minimum absolute atomic E-state index is 0.0552. The maximum Gasteiger partial charge on any atom is 0.269 e. The molecule has 4 rings (SSSR count). The van der Waals surface area contributed by atoms with Crippen molar-refractivity contribution in [3.05, 3.63) is 30.0 Å². The molecule has 8 nitrogen and oxygen atoms in total. The molecule has 1 saturated heterocycles. The van der Waals surface area contributed by atoms with Gasteiger partial charge in [0, 0.05) is 29.3 Å². The number of carbonyl (C=O) groups is 3. The van der Waals surface area contributed by atoms with Crippen LogP contribution in [0.25, 0.3) is 10.9 Å². The van der Waals surface area contributed by atoms with E-state index in [1.165, 1.54) is 4.68 Å². The monoisotopic (exact) mass is 493 g/mol. The number of nitrogens with one attached hydrogen (secondary N) is 1. The highest BCUT2D eigenvalue weighted by Crippen LogP contribution is 2.68. The lowest BCUT2D eigenvalue weighted by atomic mass is 10.0. The molecule has 178 valence electrons. The number of carbonyl (C=O) groups excluding carboxylic acids is 3. The Morgan fingerprint density at radius 3 is 2.45 bits per heavy atom. The number of alkyl halides is 2. The number of para-hydroxylation sites is 1. The predicted octanol–water partition coefficient (Wildman–Crippen LogP) is 2.71. The highest BCUT2D eigenvalue weighted by molar-refractivity contribution is 6.51. The van der Waals surface area contributed by atoms with Gasteiger partial charge >= 0.3 is 0 Å². The zero-order chi connectivity index (χ0) is 24.3. The van der Waals surface area contributed by atoms with Crippen molar-refractivity contribution in [2.75, 3.05) is 6.54 Å². The zero-order valence-corrected chi connectivity index (χ0v) is 20.7. The summed E-state index contributed by atoms with van der Waals surface area (Å²) in [6, 6.07) is 6.40. The van der Waals surface area contributed by atoms with Crippen LogP contribution in [0.3, 0.4) is 0 Å². The second-order valence-corrected chi connectivity index (χ2v) is 11.2. The molecule has 2 fully saturated rings. The van der Waals surface area contributed by atoms with Crippen LogP contribution in [0.2, 0.25) is 0 Å². The van der Waals surface area contributed by atoms with E-state index in [0.29, 0.717) is 23.9 Å². The highest BCUT2D eigenvalue weighted by atomic mass is 35.5. The standard InChI is InChI=1S/C23H29Cl2N5O3/c1-12-9-16(21(33)27-10-17-22(3,4)23(17,24)25)30(13(12)2)18(31)11-29-15-8-6-5-7-14(15)19(28-29)20(26)32/h5-8,12-13,16-17H,9-11H2,1-4H3,(H2,26,32)(H,27,33)/t12-,13-,16+,17+/m1/s1. The molecular formula is C23H29Cl2N5O3. The molecule has 2 aromatic rings. The smallest absolute Gasteiger partial charge is 0.269 e. The van der Waals surface area contributed by atoms with E-state index in [1.54, 1.807) is 29.2 Å². The van der Waals surface area contributed by atoms with Gasteiger partial charge in [-0.25, -0.2) is 0 Å². The third-order valence-electron chi connectivity index (χ3n) is 7.53. The van der Waals surface area contributed by atoms with Crippen LogP contribution in [0.5, 0.6) is 0 Å². The van der Waals surface area contributed by atoms with Crippen molar-refractivity contribution in [2.24, 2.45) is 23.0 Å². The van der Waals surface area contributed by atoms with E-state index in [2.05, 4.69) is 10.4 Å². The maximum absolute atomic E-state index is 13.4. The number of amides is 3. The van der Waals surface area contributed by atoms with Crippen LogP contribution in [-0.4, -0.2) is 55.4 Å². The van der Waals surface area contributed by atoms with Gasteiger partial charge < -0.3 is 16.0 Å². The van der Waals surface area contributed by atoms with Crippen molar-refractivity contribution in [1.82, 2.24) is 20.0 Å². The molecule has 1 aromatic heterocycles. The Morgan fingerprint density at radius 1 is 1.21 bits per heavy atom. The second kappa shape index (κ2) is 8.17. The van der Waals surface area contributed by atoms with Gasteiger partial charge in [-0.15, -0.1) is 23.2 Å². The third kappa shape index (κ3) is 3.87. The summed E-state index contributed by atoms with van der Waals surface area (Å²) in [7, 11) is 0. The van der Waals surface area contributed by atoms with Crippen LogP contribution < -0.4 is 11.1 Å². The number of benzene rings is 1. The minimum atomic E-state index is -0.870. The van der Waals surface area contributed by atoms with E-state index in [0.717, 1.165) is 0 Å². The topological polar surface area (TPSA) is 110 Å². The van der Waals surface area contributed by atoms with E-state index < -0.39 is 16.3 Å². The van der Waals surface area contributed by atoms with Crippen LogP contribution in [0, 0.1) is 17.3 Å². The van der Waals surface area contributed by atoms with Gasteiger partial charge in [-0.3, -0.25) is 19.1 Å². The summed E-state index contributed by atoms with van der Waals surface area (Å²) >= 11 is 12.7. The van der Waals surface area contributed by atoms with Crippen LogP contribution in [0.4, 0.5) is 0 Å². The summed E-state index contributed by atoms with van der Waals surface area (Å²) in [5, 5.41) is 7.82. The first-order valence-corrected chi connectivity index (χ1v) is 11.9. The largest absolute Gasteiger partial charge is 0.364 e. The average molecular weight is 494 g/mol. The molecular weight excluding hydrogens is 465 g/mol. The Bertz CT molecular complexity index is 1110. The summed E-state index contributed by atoms with van der Waals surface area (Å²) in [6.07, 6.45) is 0.562. The molecule has 33 heavy (non-hydrogen) atoms. The first-order valence-electron chi connectivity index (χ1n) is 11.1. The van der Waals surface area contributed by atoms with Gasteiger partial charge in [0.2, 0.25) is 11.8 Å². The number of likely N-dealkylation sites (tertiary alicyclic amines) is 1. The second-order valence-electron chi connectivity index (χ2n) is 9.80. The first-order chi connectivity index (χ1) is 15.4. The van der Waals surface area contributed by atoms with E-state index in [-0.39, 0.29) is 47.3 Å². The van der Waals surface area contributed by atoms with E-state index in [1.807, 2.05) is 27.7 Å². The predicted molar refractivity (Wildman–Crippen MR) is 127 cm³/mol. The third-order valence-corrected chi connectivity index (χ3v) is 9.03. The lowest BCUT2D eigenvalue weighted by Gasteiger charge is -2.28. The molecule has 1 aliphatic carbocycles. The molecule has 0 radical (unpaired) electrons. The number of rotatable bonds is 6. The van der Waals surface area contributed by atoms with Crippen molar-refractivity contribution in [1.29, 1.82) is 0 Å². The number of nitrogens with zero attached hydrogens (tertiary/aromatic N) is 3. The molecule has 10 heteroatoms. The fraction of sp³-hybridized carbons (Fsp3) is 0.565. The summed E-state index contributed by atoms with van der Waals surface area (Å²) in [5.41, 5.74) is 5.94. The zero-order valence-electron chi connectivity index (χ0n) is 19.1. The van der Waals surface area contributed by atoms with Crippen LogP contribution in [0.15, 0.2) is 24.3 Å². The van der Waals surface area contributed by atoms with E-state index in [4.69, 9.17) is 28.9 Å². The lowest BCUT2D eigenvalue weighted by molar-refractivity contribution is -0.140. The summed E-state index contributed by atoms with van der Waals surface area (Å²) in [5.74, 6) is -1.02. The van der Waals surface area contributed by atoms with Gasteiger partial charge in [0.05, 0.1) is 5.52 Å². The van der Waals surface area contributed by atoms with E-state index >= 15 is 0 Å². The average Bonchev–Trinajstić information content (AvgIpc) is 3.06. The van der Waals surface area contributed by atoms with Gasteiger partial charge in [-0.05, 0) is 25.3 Å². The van der Waals surface area contributed by atoms with E-state index in [9.17, 15) is 14.4 Å². The number of aromatic nitrogens is 2. The van der Waals surface area contributed by atoms with Crippen molar-refractivity contribution in [3.63, 3.8) is 0 Å². The number of hydrogen-bond donors (Lipinski definition) is 2. The Hall–Kier alpha value is -2.32. The molecule has 3 amide bonds. The van der Waals surface area contributed by atoms with Gasteiger partial charge in [-0.2, -0.15) is 5.10 Å². The molecule has 1 saturated carbocycles. The van der Waals surface area contributed by atoms with Crippen LogP contribution in [0.1, 0.15) is 44.6 Å². The Kier molecular flexibility index (Phi) is 5.90. The SMILES string of the molecule is C[C@@H]1C[C@@H](C(=O)NC[C@H]2C(C)(C)C2(Cl)Cl)N(C(=O)Cn2nc(C(N)=O)c3ccccc32)[C@@H]1C. The van der Waals surface area contributed by atoms with Crippen molar-refractivity contribution >= 4 is 51.8 Å². The molecule has 4 atom stereocenters. The molecule has 2 heterocycles. The van der Waals surface area contributed by atoms with Crippen LogP contribution in [-0.2, 0) is 16.1 Å².